The molecule has 0 aliphatic rings. The van der Waals surface area contributed by atoms with Crippen LogP contribution in [0.15, 0.2) is 12.2 Å². The first-order chi connectivity index (χ1) is 7.59. The lowest BCUT2D eigenvalue weighted by molar-refractivity contribution is -0.115. The van der Waals surface area contributed by atoms with Crippen molar-refractivity contribution in [2.24, 2.45) is 0 Å². The van der Waals surface area contributed by atoms with Crippen molar-refractivity contribution in [3.05, 3.63) is 12.2 Å². The first-order valence-corrected chi connectivity index (χ1v) is 7.94. The van der Waals surface area contributed by atoms with E-state index in [1.165, 1.54) is 12.5 Å². The predicted octanol–water partition coefficient (Wildman–Crippen LogP) is 1.04. The summed E-state index contributed by atoms with van der Waals surface area (Å²) in [6.45, 7) is 9.57. The monoisotopic (exact) mass is 242 g/mol. The fourth-order valence-electron chi connectivity index (χ4n) is 1.04. The van der Waals surface area contributed by atoms with Crippen LogP contribution >= 0.6 is 0 Å². The van der Waals surface area contributed by atoms with Crippen molar-refractivity contribution in [3.8, 4) is 0 Å². The normalized spacial score (nSPS) is 9.38. The second-order valence-electron chi connectivity index (χ2n) is 3.51. The summed E-state index contributed by atoms with van der Waals surface area (Å²) >= 11 is 0. The number of ketones is 1. The van der Waals surface area contributed by atoms with Gasteiger partial charge in [0.1, 0.15) is 0 Å². The molecule has 0 amide bonds. The predicted molar refractivity (Wildman–Crippen MR) is 69.6 cm³/mol. The first kappa shape index (κ1) is 17.4. The highest BCUT2D eigenvalue weighted by Gasteiger charge is 2.00. The van der Waals surface area contributed by atoms with Crippen molar-refractivity contribution < 1.29 is 9.59 Å². The van der Waals surface area contributed by atoms with E-state index in [2.05, 4.69) is 18.4 Å². The fourth-order valence-corrected chi connectivity index (χ4v) is 1.79. The lowest BCUT2D eigenvalue weighted by Crippen LogP contribution is -2.19. The van der Waals surface area contributed by atoms with Crippen molar-refractivity contribution in [1.82, 2.24) is 5.32 Å². The molecule has 0 rings (SSSR count). The number of carbonyl (C=O) groups excluding carboxylic acids is 2. The Bertz CT molecular complexity index is 236. The molecule has 0 aliphatic heterocycles. The lowest BCUT2D eigenvalue weighted by atomic mass is 10.2. The third-order valence-electron chi connectivity index (χ3n) is 1.96. The zero-order valence-electron chi connectivity index (χ0n) is 10.3. The van der Waals surface area contributed by atoms with Crippen LogP contribution in [0.2, 0.25) is 12.6 Å². The van der Waals surface area contributed by atoms with E-state index in [9.17, 15) is 4.79 Å². The molecule has 16 heavy (non-hydrogen) atoms. The number of hydrogen-bond donors (Lipinski definition) is 2. The summed E-state index contributed by atoms with van der Waals surface area (Å²) in [5, 5.41) is 8.67. The van der Waals surface area contributed by atoms with Crippen LogP contribution in [-0.2, 0) is 9.59 Å². The van der Waals surface area contributed by atoms with Gasteiger partial charge < -0.3 is 5.32 Å². The molecule has 0 saturated carbocycles. The summed E-state index contributed by atoms with van der Waals surface area (Å²) in [5.74, 6) is 0.178. The molecule has 0 aromatic heterocycles. The number of hydrogen-bond acceptors (Lipinski definition) is 4. The van der Waals surface area contributed by atoms with Gasteiger partial charge in [0, 0.05) is 22.5 Å². The SMILES string of the molecule is C=C(C)C(=O)CCNCCC[SiH2]C.N=C=O. The van der Waals surface area contributed by atoms with Crippen LogP contribution in [0.4, 0.5) is 0 Å². The smallest absolute Gasteiger partial charge is 0.231 e. The third-order valence-corrected chi connectivity index (χ3v) is 3.17. The molecule has 0 aliphatic carbocycles. The fraction of sp³-hybridized carbons (Fsp3) is 0.636. The van der Waals surface area contributed by atoms with Crippen LogP contribution in [0.3, 0.4) is 0 Å². The van der Waals surface area contributed by atoms with E-state index in [0.717, 1.165) is 19.2 Å². The van der Waals surface area contributed by atoms with Crippen molar-refractivity contribution >= 4 is 21.4 Å². The third kappa shape index (κ3) is 15.4. The van der Waals surface area contributed by atoms with E-state index in [-0.39, 0.29) is 15.3 Å². The standard InChI is InChI=1S/C10H21NOSi.CHNO/c1-9(2)10(12)5-7-11-6-4-8-13-3;2-1-3/h11H,1,4-8,13H2,2-3H3;2H. The zero-order valence-corrected chi connectivity index (χ0v) is 11.7. The van der Waals surface area contributed by atoms with Gasteiger partial charge in [-0.15, -0.1) is 0 Å². The van der Waals surface area contributed by atoms with Crippen molar-refractivity contribution in [2.45, 2.75) is 32.4 Å². The van der Waals surface area contributed by atoms with E-state index in [1.54, 1.807) is 6.92 Å². The Labute approximate surface area is 99.8 Å². The first-order valence-electron chi connectivity index (χ1n) is 5.53. The van der Waals surface area contributed by atoms with Gasteiger partial charge in [0.15, 0.2) is 5.78 Å². The van der Waals surface area contributed by atoms with Gasteiger partial charge in [-0.1, -0.05) is 19.2 Å². The van der Waals surface area contributed by atoms with Crippen LogP contribution in [0.1, 0.15) is 19.8 Å². The van der Waals surface area contributed by atoms with Gasteiger partial charge in [0.25, 0.3) is 0 Å². The number of Topliss-reactive ketones (excluding diaryl/α,β-unsaturated/α-hetero) is 1. The van der Waals surface area contributed by atoms with Crippen LogP contribution in [0.25, 0.3) is 0 Å². The summed E-state index contributed by atoms with van der Waals surface area (Å²) in [6, 6.07) is 1.40. The number of carbonyl (C=O) groups is 1. The molecule has 0 fully saturated rings. The van der Waals surface area contributed by atoms with Crippen molar-refractivity contribution in [2.75, 3.05) is 13.1 Å². The second-order valence-corrected chi connectivity index (χ2v) is 5.22. The maximum absolute atomic E-state index is 11.1. The highest BCUT2D eigenvalue weighted by atomic mass is 28.2. The Balaban J connectivity index is 0. The van der Waals surface area contributed by atoms with Gasteiger partial charge in [-0.05, 0) is 25.5 Å². The topological polar surface area (TPSA) is 70.0 Å². The molecule has 4 nitrogen and oxygen atoms in total. The van der Waals surface area contributed by atoms with E-state index in [0.29, 0.717) is 12.0 Å². The Morgan fingerprint density at radius 3 is 2.50 bits per heavy atom. The molecule has 0 bridgehead atoms. The van der Waals surface area contributed by atoms with Crippen LogP contribution in [0, 0.1) is 5.41 Å². The van der Waals surface area contributed by atoms with Gasteiger partial charge in [-0.2, -0.15) is 0 Å². The average Bonchev–Trinajstić information content (AvgIpc) is 2.24. The summed E-state index contributed by atoms with van der Waals surface area (Å²) in [5.41, 5.74) is 0.669. The van der Waals surface area contributed by atoms with Gasteiger partial charge in [-0.3, -0.25) is 4.79 Å². The van der Waals surface area contributed by atoms with Gasteiger partial charge in [0.05, 0.1) is 0 Å². The lowest BCUT2D eigenvalue weighted by Gasteiger charge is -2.02. The van der Waals surface area contributed by atoms with E-state index in [4.69, 9.17) is 10.2 Å². The number of nitrogens with one attached hydrogen (secondary N) is 2. The van der Waals surface area contributed by atoms with E-state index in [1.807, 2.05) is 0 Å². The highest BCUT2D eigenvalue weighted by molar-refractivity contribution is 6.33. The molecule has 5 heteroatoms. The Kier molecular flexibility index (Phi) is 15.2. The summed E-state index contributed by atoms with van der Waals surface area (Å²) in [6.07, 6.45) is 2.61. The molecule has 92 valence electrons. The molecule has 0 spiro atoms. The van der Waals surface area contributed by atoms with E-state index < -0.39 is 0 Å². The molecule has 0 unspecified atom stereocenters. The van der Waals surface area contributed by atoms with Crippen LogP contribution in [-0.4, -0.2) is 34.5 Å². The molecule has 0 atom stereocenters. The zero-order chi connectivity index (χ0) is 12.8. The molecule has 2 N–H and O–H groups in total. The quantitative estimate of drug-likeness (QED) is 0.220. The summed E-state index contributed by atoms with van der Waals surface area (Å²) < 4.78 is 0. The largest absolute Gasteiger partial charge is 0.316 e. The minimum Gasteiger partial charge on any atom is -0.316 e. The number of isocyanates is 1. The maximum Gasteiger partial charge on any atom is 0.231 e. The molecule has 0 aromatic rings. The molecular weight excluding hydrogens is 220 g/mol. The maximum atomic E-state index is 11.1. The van der Waals surface area contributed by atoms with Gasteiger partial charge in [-0.25, -0.2) is 10.2 Å². The van der Waals surface area contributed by atoms with Gasteiger partial charge >= 0.3 is 0 Å². The number of allylic oxidation sites excluding steroid dienone is 1. The molecule has 0 radical (unpaired) electrons. The van der Waals surface area contributed by atoms with Crippen LogP contribution < -0.4 is 5.32 Å². The highest BCUT2D eigenvalue weighted by Crippen LogP contribution is 1.93. The Morgan fingerprint density at radius 2 is 2.06 bits per heavy atom. The molecular formula is C11H22N2O2Si. The van der Waals surface area contributed by atoms with E-state index >= 15 is 0 Å². The molecule has 0 saturated heterocycles. The summed E-state index contributed by atoms with van der Waals surface area (Å²) in [4.78, 5) is 19.4. The van der Waals surface area contributed by atoms with Crippen molar-refractivity contribution in [1.29, 1.82) is 5.41 Å². The Morgan fingerprint density at radius 1 is 1.50 bits per heavy atom. The number of rotatable bonds is 8. The van der Waals surface area contributed by atoms with Crippen LogP contribution in [0.5, 0.6) is 0 Å². The molecule has 0 heterocycles. The van der Waals surface area contributed by atoms with Gasteiger partial charge in [0.2, 0.25) is 6.08 Å². The molecule has 0 aromatic carbocycles. The summed E-state index contributed by atoms with van der Waals surface area (Å²) in [7, 11) is 0.230. The Hall–Kier alpha value is -1.03. The minimum atomic E-state index is 0.178. The minimum absolute atomic E-state index is 0.178. The van der Waals surface area contributed by atoms with Crippen molar-refractivity contribution in [3.63, 3.8) is 0 Å². The average molecular weight is 242 g/mol. The second kappa shape index (κ2) is 14.0.